The number of fused-ring (bicyclic) bond motifs is 1. The Morgan fingerprint density at radius 3 is 3.07 bits per heavy atom. The van der Waals surface area contributed by atoms with E-state index in [-0.39, 0.29) is 0 Å². The first-order valence-corrected chi connectivity index (χ1v) is 5.60. The average molecular weight is 222 g/mol. The predicted molar refractivity (Wildman–Crippen MR) is 61.1 cm³/mol. The SMILES string of the molecule is Clc1cccc2c(CNC3CC3)coc12. The number of benzene rings is 1. The van der Waals surface area contributed by atoms with Gasteiger partial charge in [0, 0.05) is 23.5 Å². The molecule has 0 saturated heterocycles. The number of rotatable bonds is 3. The Hall–Kier alpha value is -0.990. The van der Waals surface area contributed by atoms with Crippen LogP contribution >= 0.6 is 11.6 Å². The van der Waals surface area contributed by atoms with Crippen LogP contribution in [0.15, 0.2) is 28.9 Å². The summed E-state index contributed by atoms with van der Waals surface area (Å²) in [5.41, 5.74) is 1.99. The molecule has 1 aliphatic carbocycles. The molecule has 1 aromatic heterocycles. The minimum Gasteiger partial charge on any atom is -0.462 e. The minimum atomic E-state index is 0.685. The molecule has 0 unspecified atom stereocenters. The Morgan fingerprint density at radius 1 is 1.40 bits per heavy atom. The number of hydrogen-bond acceptors (Lipinski definition) is 2. The monoisotopic (exact) mass is 221 g/mol. The summed E-state index contributed by atoms with van der Waals surface area (Å²) in [6.45, 7) is 0.873. The lowest BCUT2D eigenvalue weighted by molar-refractivity contribution is 0.601. The Morgan fingerprint density at radius 2 is 2.27 bits per heavy atom. The molecule has 1 fully saturated rings. The zero-order valence-electron chi connectivity index (χ0n) is 8.29. The highest BCUT2D eigenvalue weighted by molar-refractivity contribution is 6.34. The fourth-order valence-corrected chi connectivity index (χ4v) is 1.97. The molecule has 78 valence electrons. The molecule has 2 nitrogen and oxygen atoms in total. The zero-order chi connectivity index (χ0) is 10.3. The van der Waals surface area contributed by atoms with Crippen LogP contribution in [0, 0.1) is 0 Å². The van der Waals surface area contributed by atoms with Crippen molar-refractivity contribution in [3.63, 3.8) is 0 Å². The van der Waals surface area contributed by atoms with E-state index in [2.05, 4.69) is 11.4 Å². The van der Waals surface area contributed by atoms with Crippen molar-refractivity contribution in [2.24, 2.45) is 0 Å². The average Bonchev–Trinajstić information content (AvgIpc) is 2.97. The third-order valence-corrected chi connectivity index (χ3v) is 3.09. The molecule has 15 heavy (non-hydrogen) atoms. The van der Waals surface area contributed by atoms with E-state index in [1.807, 2.05) is 12.1 Å². The van der Waals surface area contributed by atoms with Gasteiger partial charge in [-0.05, 0) is 18.9 Å². The van der Waals surface area contributed by atoms with Crippen molar-refractivity contribution in [2.45, 2.75) is 25.4 Å². The highest BCUT2D eigenvalue weighted by Gasteiger charge is 2.20. The second-order valence-corrected chi connectivity index (χ2v) is 4.44. The predicted octanol–water partition coefficient (Wildman–Crippen LogP) is 3.34. The van der Waals surface area contributed by atoms with Crippen LogP contribution in [0.5, 0.6) is 0 Å². The quantitative estimate of drug-likeness (QED) is 0.860. The lowest BCUT2D eigenvalue weighted by atomic mass is 10.2. The topological polar surface area (TPSA) is 25.2 Å². The number of nitrogens with one attached hydrogen (secondary N) is 1. The van der Waals surface area contributed by atoms with Crippen molar-refractivity contribution in [1.29, 1.82) is 0 Å². The molecule has 1 N–H and O–H groups in total. The van der Waals surface area contributed by atoms with Crippen LogP contribution in [0.3, 0.4) is 0 Å². The van der Waals surface area contributed by atoms with E-state index in [1.54, 1.807) is 6.26 Å². The lowest BCUT2D eigenvalue weighted by Gasteiger charge is -1.99. The molecule has 0 atom stereocenters. The summed E-state index contributed by atoms with van der Waals surface area (Å²) < 4.78 is 5.46. The maximum absolute atomic E-state index is 6.03. The maximum atomic E-state index is 6.03. The number of halogens is 1. The van der Waals surface area contributed by atoms with Crippen LogP contribution < -0.4 is 5.32 Å². The van der Waals surface area contributed by atoms with E-state index < -0.39 is 0 Å². The summed E-state index contributed by atoms with van der Waals surface area (Å²) in [6, 6.07) is 6.58. The van der Waals surface area contributed by atoms with E-state index in [9.17, 15) is 0 Å². The molecule has 0 spiro atoms. The fraction of sp³-hybridized carbons (Fsp3) is 0.333. The van der Waals surface area contributed by atoms with Crippen molar-refractivity contribution < 1.29 is 4.42 Å². The third-order valence-electron chi connectivity index (χ3n) is 2.79. The zero-order valence-corrected chi connectivity index (χ0v) is 9.05. The summed E-state index contributed by atoms with van der Waals surface area (Å²) >= 11 is 6.03. The molecule has 3 rings (SSSR count). The first-order valence-electron chi connectivity index (χ1n) is 5.22. The molecule has 3 heteroatoms. The second-order valence-electron chi connectivity index (χ2n) is 4.03. The second kappa shape index (κ2) is 3.54. The van der Waals surface area contributed by atoms with Crippen molar-refractivity contribution in [3.05, 3.63) is 35.0 Å². The van der Waals surface area contributed by atoms with Gasteiger partial charge in [0.05, 0.1) is 11.3 Å². The van der Waals surface area contributed by atoms with Crippen LogP contribution in [0.1, 0.15) is 18.4 Å². The molecular weight excluding hydrogens is 210 g/mol. The van der Waals surface area contributed by atoms with E-state index in [1.165, 1.54) is 18.4 Å². The molecule has 1 heterocycles. The molecule has 0 radical (unpaired) electrons. The van der Waals surface area contributed by atoms with Gasteiger partial charge in [0.25, 0.3) is 0 Å². The van der Waals surface area contributed by atoms with Gasteiger partial charge in [0.1, 0.15) is 0 Å². The number of para-hydroxylation sites is 1. The minimum absolute atomic E-state index is 0.685. The van der Waals surface area contributed by atoms with Gasteiger partial charge < -0.3 is 9.73 Å². The summed E-state index contributed by atoms with van der Waals surface area (Å²) in [5.74, 6) is 0. The summed E-state index contributed by atoms with van der Waals surface area (Å²) in [7, 11) is 0. The van der Waals surface area contributed by atoms with Crippen molar-refractivity contribution in [1.82, 2.24) is 5.32 Å². The van der Waals surface area contributed by atoms with Gasteiger partial charge in [-0.3, -0.25) is 0 Å². The normalized spacial score (nSPS) is 16.1. The van der Waals surface area contributed by atoms with Crippen molar-refractivity contribution in [2.75, 3.05) is 0 Å². The lowest BCUT2D eigenvalue weighted by Crippen LogP contribution is -2.14. The van der Waals surface area contributed by atoms with Crippen LogP contribution in [-0.4, -0.2) is 6.04 Å². The van der Waals surface area contributed by atoms with Gasteiger partial charge in [-0.2, -0.15) is 0 Å². The van der Waals surface area contributed by atoms with Gasteiger partial charge in [-0.15, -0.1) is 0 Å². The summed E-state index contributed by atoms with van der Waals surface area (Å²) in [4.78, 5) is 0. The standard InChI is InChI=1S/C12H12ClNO/c13-11-3-1-2-10-8(7-15-12(10)11)6-14-9-4-5-9/h1-3,7,9,14H,4-6H2. The molecular formula is C12H12ClNO. The van der Waals surface area contributed by atoms with E-state index in [0.717, 1.165) is 17.5 Å². The van der Waals surface area contributed by atoms with Crippen LogP contribution in [0.2, 0.25) is 5.02 Å². The van der Waals surface area contributed by atoms with Crippen molar-refractivity contribution in [3.8, 4) is 0 Å². The highest BCUT2D eigenvalue weighted by atomic mass is 35.5. The van der Waals surface area contributed by atoms with Crippen LogP contribution in [0.4, 0.5) is 0 Å². The molecule has 0 aliphatic heterocycles. The summed E-state index contributed by atoms with van der Waals surface area (Å²) in [5, 5.41) is 5.27. The Bertz CT molecular complexity index is 487. The van der Waals surface area contributed by atoms with Crippen LogP contribution in [0.25, 0.3) is 11.0 Å². The first kappa shape index (κ1) is 9.25. The molecule has 1 saturated carbocycles. The molecule has 2 aromatic rings. The van der Waals surface area contributed by atoms with E-state index >= 15 is 0 Å². The third kappa shape index (κ3) is 1.75. The first-order chi connectivity index (χ1) is 7.34. The molecule has 0 bridgehead atoms. The number of furan rings is 1. The largest absolute Gasteiger partial charge is 0.462 e. The van der Waals surface area contributed by atoms with Gasteiger partial charge in [-0.25, -0.2) is 0 Å². The van der Waals surface area contributed by atoms with Gasteiger partial charge in [0.15, 0.2) is 5.58 Å². The van der Waals surface area contributed by atoms with Gasteiger partial charge in [-0.1, -0.05) is 23.7 Å². The van der Waals surface area contributed by atoms with Gasteiger partial charge >= 0.3 is 0 Å². The molecule has 0 amide bonds. The molecule has 1 aliphatic rings. The maximum Gasteiger partial charge on any atom is 0.152 e. The fourth-order valence-electron chi connectivity index (χ4n) is 1.75. The van der Waals surface area contributed by atoms with E-state index in [4.69, 9.17) is 16.0 Å². The van der Waals surface area contributed by atoms with Crippen molar-refractivity contribution >= 4 is 22.6 Å². The van der Waals surface area contributed by atoms with Gasteiger partial charge in [0.2, 0.25) is 0 Å². The Balaban J connectivity index is 1.92. The highest BCUT2D eigenvalue weighted by Crippen LogP contribution is 2.28. The molecule has 1 aromatic carbocycles. The Labute approximate surface area is 93.2 Å². The number of hydrogen-bond donors (Lipinski definition) is 1. The smallest absolute Gasteiger partial charge is 0.152 e. The summed E-state index contributed by atoms with van der Waals surface area (Å²) in [6.07, 6.45) is 4.40. The Kier molecular flexibility index (Phi) is 2.19. The van der Waals surface area contributed by atoms with Crippen LogP contribution in [-0.2, 0) is 6.54 Å². The van der Waals surface area contributed by atoms with E-state index in [0.29, 0.717) is 11.1 Å².